The molecule has 8 heteroatoms. The minimum Gasteiger partial charge on any atom is -0.492 e. The van der Waals surface area contributed by atoms with Crippen LogP contribution in [0.25, 0.3) is 0 Å². The van der Waals surface area contributed by atoms with Crippen molar-refractivity contribution in [2.75, 3.05) is 11.9 Å². The van der Waals surface area contributed by atoms with Gasteiger partial charge in [0, 0.05) is 5.69 Å². The molecule has 7 nitrogen and oxygen atoms in total. The molecule has 0 bridgehead atoms. The van der Waals surface area contributed by atoms with E-state index in [0.717, 1.165) is 23.0 Å². The highest BCUT2D eigenvalue weighted by atomic mass is 32.1. The summed E-state index contributed by atoms with van der Waals surface area (Å²) in [6, 6.07) is 16.6. The fourth-order valence-electron chi connectivity index (χ4n) is 2.64. The molecule has 29 heavy (non-hydrogen) atoms. The minimum absolute atomic E-state index is 0.00975. The molecule has 1 heterocycles. The van der Waals surface area contributed by atoms with Gasteiger partial charge in [-0.2, -0.15) is 4.37 Å². The number of ether oxygens (including phenoxy) is 1. The second kappa shape index (κ2) is 9.40. The van der Waals surface area contributed by atoms with Crippen molar-refractivity contribution in [2.45, 2.75) is 19.9 Å². The van der Waals surface area contributed by atoms with Crippen LogP contribution in [0, 0.1) is 11.3 Å². The number of hydrogen-bond donors (Lipinski definition) is 5. The molecule has 0 radical (unpaired) electrons. The smallest absolute Gasteiger partial charge is 0.236 e. The SMILES string of the molecule is CC(C)[C@H](CO)NC(=N)c1c(O)nsc1Nc1ccc(Oc2ccccc2)cc1. The largest absolute Gasteiger partial charge is 0.492 e. The molecule has 0 amide bonds. The van der Waals surface area contributed by atoms with Gasteiger partial charge in [0.25, 0.3) is 0 Å². The Labute approximate surface area is 173 Å². The molecular weight excluding hydrogens is 388 g/mol. The summed E-state index contributed by atoms with van der Waals surface area (Å²) < 4.78 is 9.73. The summed E-state index contributed by atoms with van der Waals surface area (Å²) in [5, 5.41) is 34.6. The third-order valence-corrected chi connectivity index (χ3v) is 5.10. The number of nitrogens with zero attached hydrogens (tertiary/aromatic N) is 1. The Morgan fingerprint density at radius 2 is 1.76 bits per heavy atom. The average molecular weight is 413 g/mol. The zero-order valence-electron chi connectivity index (χ0n) is 16.2. The molecule has 3 aromatic rings. The highest BCUT2D eigenvalue weighted by Crippen LogP contribution is 2.33. The van der Waals surface area contributed by atoms with E-state index in [1.807, 2.05) is 68.4 Å². The third kappa shape index (κ3) is 5.24. The van der Waals surface area contributed by atoms with Gasteiger partial charge in [-0.25, -0.2) is 0 Å². The average Bonchev–Trinajstić information content (AvgIpc) is 3.08. The molecule has 152 valence electrons. The van der Waals surface area contributed by atoms with E-state index in [-0.39, 0.29) is 35.8 Å². The second-order valence-electron chi connectivity index (χ2n) is 6.83. The molecule has 0 aliphatic carbocycles. The van der Waals surface area contributed by atoms with E-state index in [2.05, 4.69) is 15.0 Å². The zero-order valence-corrected chi connectivity index (χ0v) is 17.0. The number of anilines is 2. The molecule has 0 saturated heterocycles. The lowest BCUT2D eigenvalue weighted by Gasteiger charge is -2.21. The Morgan fingerprint density at radius 3 is 2.38 bits per heavy atom. The molecule has 0 aliphatic heterocycles. The van der Waals surface area contributed by atoms with E-state index in [0.29, 0.717) is 10.8 Å². The van der Waals surface area contributed by atoms with Gasteiger partial charge in [-0.15, -0.1) is 0 Å². The van der Waals surface area contributed by atoms with E-state index in [4.69, 9.17) is 10.1 Å². The van der Waals surface area contributed by atoms with Crippen LogP contribution in [0.1, 0.15) is 19.4 Å². The quantitative estimate of drug-likeness (QED) is 0.278. The number of benzene rings is 2. The lowest BCUT2D eigenvalue weighted by Crippen LogP contribution is -2.41. The van der Waals surface area contributed by atoms with E-state index >= 15 is 0 Å². The van der Waals surface area contributed by atoms with Crippen molar-refractivity contribution in [1.29, 1.82) is 5.41 Å². The number of rotatable bonds is 8. The van der Waals surface area contributed by atoms with Gasteiger partial charge < -0.3 is 25.6 Å². The van der Waals surface area contributed by atoms with Crippen molar-refractivity contribution >= 4 is 28.1 Å². The first-order chi connectivity index (χ1) is 14.0. The zero-order chi connectivity index (χ0) is 20.8. The Bertz CT molecular complexity index is 942. The van der Waals surface area contributed by atoms with Crippen LogP contribution in [0.2, 0.25) is 0 Å². The Hall–Kier alpha value is -3.10. The molecule has 1 atom stereocenters. The Morgan fingerprint density at radius 1 is 1.10 bits per heavy atom. The van der Waals surface area contributed by atoms with Crippen molar-refractivity contribution in [2.24, 2.45) is 5.92 Å². The summed E-state index contributed by atoms with van der Waals surface area (Å²) in [7, 11) is 0. The summed E-state index contributed by atoms with van der Waals surface area (Å²) in [5.74, 6) is 1.37. The highest BCUT2D eigenvalue weighted by Gasteiger charge is 2.21. The van der Waals surface area contributed by atoms with Crippen molar-refractivity contribution < 1.29 is 14.9 Å². The lowest BCUT2D eigenvalue weighted by atomic mass is 10.1. The van der Waals surface area contributed by atoms with E-state index < -0.39 is 0 Å². The first-order valence-corrected chi connectivity index (χ1v) is 10.00. The van der Waals surface area contributed by atoms with Crippen LogP contribution >= 0.6 is 11.5 Å². The summed E-state index contributed by atoms with van der Waals surface area (Å²) in [5.41, 5.74) is 1.05. The minimum atomic E-state index is -0.288. The normalized spacial score (nSPS) is 11.9. The van der Waals surface area contributed by atoms with Crippen molar-refractivity contribution in [3.05, 3.63) is 60.2 Å². The van der Waals surface area contributed by atoms with Crippen LogP contribution in [-0.2, 0) is 0 Å². The van der Waals surface area contributed by atoms with E-state index in [1.165, 1.54) is 0 Å². The number of aromatic hydroxyl groups is 1. The molecule has 0 aliphatic rings. The van der Waals surface area contributed by atoms with Crippen molar-refractivity contribution in [3.8, 4) is 17.4 Å². The maximum atomic E-state index is 10.1. The molecule has 0 unspecified atom stereocenters. The predicted octanol–water partition coefficient (Wildman–Crippen LogP) is 4.32. The van der Waals surface area contributed by atoms with Crippen LogP contribution in [0.15, 0.2) is 54.6 Å². The molecule has 0 saturated carbocycles. The number of para-hydroxylation sites is 1. The van der Waals surface area contributed by atoms with Crippen LogP contribution < -0.4 is 15.4 Å². The van der Waals surface area contributed by atoms with Gasteiger partial charge in [0.05, 0.1) is 12.6 Å². The van der Waals surface area contributed by atoms with Crippen molar-refractivity contribution in [1.82, 2.24) is 9.69 Å². The van der Waals surface area contributed by atoms with Crippen LogP contribution in [0.4, 0.5) is 10.7 Å². The third-order valence-electron chi connectivity index (χ3n) is 4.35. The molecule has 1 aromatic heterocycles. The summed E-state index contributed by atoms with van der Waals surface area (Å²) in [4.78, 5) is 0. The predicted molar refractivity (Wildman–Crippen MR) is 116 cm³/mol. The van der Waals surface area contributed by atoms with Crippen LogP contribution in [0.3, 0.4) is 0 Å². The Kier molecular flexibility index (Phi) is 6.69. The summed E-state index contributed by atoms with van der Waals surface area (Å²) in [6.07, 6.45) is 0. The second-order valence-corrected chi connectivity index (χ2v) is 7.60. The van der Waals surface area contributed by atoms with Gasteiger partial charge >= 0.3 is 0 Å². The van der Waals surface area contributed by atoms with E-state index in [1.54, 1.807) is 0 Å². The van der Waals surface area contributed by atoms with Gasteiger partial charge in [-0.1, -0.05) is 32.0 Å². The lowest BCUT2D eigenvalue weighted by molar-refractivity contribution is 0.226. The topological polar surface area (TPSA) is 110 Å². The van der Waals surface area contributed by atoms with E-state index in [9.17, 15) is 10.2 Å². The van der Waals surface area contributed by atoms with Crippen LogP contribution in [0.5, 0.6) is 17.4 Å². The standard InChI is InChI=1S/C21H24N4O3S/c1-13(2)17(12-26)24-19(22)18-20(27)25-29-21(18)23-14-8-10-16(11-9-14)28-15-6-4-3-5-7-15/h3-11,13,17,23,26H,12H2,1-2H3,(H2,22,24)(H,25,27)/t17-/m0/s1. The van der Waals surface area contributed by atoms with Gasteiger partial charge in [0.2, 0.25) is 5.88 Å². The fraction of sp³-hybridized carbons (Fsp3) is 0.238. The summed E-state index contributed by atoms with van der Waals surface area (Å²) in [6.45, 7) is 3.79. The molecule has 2 aromatic carbocycles. The van der Waals surface area contributed by atoms with Gasteiger partial charge in [0.1, 0.15) is 27.9 Å². The monoisotopic (exact) mass is 412 g/mol. The number of nitrogens with one attached hydrogen (secondary N) is 3. The molecule has 0 spiro atoms. The number of aromatic nitrogens is 1. The molecule has 0 fully saturated rings. The maximum absolute atomic E-state index is 10.1. The fourth-order valence-corrected chi connectivity index (χ4v) is 3.35. The maximum Gasteiger partial charge on any atom is 0.236 e. The summed E-state index contributed by atoms with van der Waals surface area (Å²) >= 11 is 1.06. The number of aliphatic hydroxyl groups is 1. The number of hydrogen-bond acceptors (Lipinski definition) is 7. The highest BCUT2D eigenvalue weighted by molar-refractivity contribution is 7.11. The van der Waals surface area contributed by atoms with Gasteiger partial charge in [-0.05, 0) is 53.8 Å². The van der Waals surface area contributed by atoms with Crippen molar-refractivity contribution in [3.63, 3.8) is 0 Å². The molecular formula is C21H24N4O3S. The van der Waals surface area contributed by atoms with Gasteiger partial charge in [0.15, 0.2) is 0 Å². The van der Waals surface area contributed by atoms with Gasteiger partial charge in [-0.3, -0.25) is 5.41 Å². The number of amidine groups is 1. The molecule has 5 N–H and O–H groups in total. The van der Waals surface area contributed by atoms with Crippen LogP contribution in [-0.4, -0.2) is 33.1 Å². The number of aliphatic hydroxyl groups excluding tert-OH is 1. The first-order valence-electron chi connectivity index (χ1n) is 9.23. The first kappa shape index (κ1) is 20.6. The Balaban J connectivity index is 1.71. The molecule has 3 rings (SSSR count).